The second kappa shape index (κ2) is 9.63. The summed E-state index contributed by atoms with van der Waals surface area (Å²) in [6.07, 6.45) is 2.15. The van der Waals surface area contributed by atoms with Crippen LogP contribution in [0.4, 0.5) is 0 Å². The fourth-order valence-electron chi connectivity index (χ4n) is 4.30. The number of allylic oxidation sites excluding steroid dienone is 3. The van der Waals surface area contributed by atoms with E-state index in [-0.39, 0.29) is 18.4 Å². The van der Waals surface area contributed by atoms with Crippen molar-refractivity contribution in [2.45, 2.75) is 52.6 Å². The quantitative estimate of drug-likeness (QED) is 0.483. The first kappa shape index (κ1) is 22.8. The Kier molecular flexibility index (Phi) is 6.86. The molecule has 0 amide bonds. The van der Waals surface area contributed by atoms with Crippen LogP contribution in [0.2, 0.25) is 0 Å². The molecule has 1 atom stereocenters. The van der Waals surface area contributed by atoms with Crippen LogP contribution in [0.3, 0.4) is 0 Å². The summed E-state index contributed by atoms with van der Waals surface area (Å²) in [4.78, 5) is 28.0. The highest BCUT2D eigenvalue weighted by atomic mass is 79.9. The molecule has 1 N–H and O–H groups in total. The molecule has 32 heavy (non-hydrogen) atoms. The predicted octanol–water partition coefficient (Wildman–Crippen LogP) is 5.93. The number of hydrogen-bond acceptors (Lipinski definition) is 6. The Morgan fingerprint density at radius 2 is 2.03 bits per heavy atom. The van der Waals surface area contributed by atoms with E-state index in [1.165, 1.54) is 0 Å². The second-order valence-corrected chi connectivity index (χ2v) is 10.1. The summed E-state index contributed by atoms with van der Waals surface area (Å²) < 4.78 is 12.3. The molecule has 0 radical (unpaired) electrons. The van der Waals surface area contributed by atoms with E-state index in [4.69, 9.17) is 9.47 Å². The summed E-state index contributed by atoms with van der Waals surface area (Å²) in [5, 5.41) is 3.32. The predicted molar refractivity (Wildman–Crippen MR) is 129 cm³/mol. The van der Waals surface area contributed by atoms with Crippen LogP contribution in [0.25, 0.3) is 0 Å². The molecule has 0 bridgehead atoms. The number of ether oxygens (including phenoxy) is 2. The van der Waals surface area contributed by atoms with Gasteiger partial charge in [0.2, 0.25) is 0 Å². The minimum absolute atomic E-state index is 0.107. The molecule has 0 spiro atoms. The van der Waals surface area contributed by atoms with E-state index >= 15 is 0 Å². The molecule has 2 heterocycles. The average Bonchev–Trinajstić information content (AvgIpc) is 3.12. The number of nitrogens with one attached hydrogen (secondary N) is 1. The summed E-state index contributed by atoms with van der Waals surface area (Å²) in [5.74, 6) is 0.107. The third-order valence-electron chi connectivity index (χ3n) is 5.82. The molecule has 0 fully saturated rings. The summed E-state index contributed by atoms with van der Waals surface area (Å²) >= 11 is 5.13. The Balaban J connectivity index is 1.71. The van der Waals surface area contributed by atoms with Crippen LogP contribution in [0.15, 0.2) is 57.3 Å². The molecular weight excluding hydrogens is 490 g/mol. The Bertz CT molecular complexity index is 1130. The van der Waals surface area contributed by atoms with Crippen molar-refractivity contribution in [1.29, 1.82) is 0 Å². The number of hydrogen-bond donors (Lipinski definition) is 1. The van der Waals surface area contributed by atoms with E-state index in [9.17, 15) is 9.59 Å². The molecule has 2 aromatic rings. The lowest BCUT2D eigenvalue weighted by molar-refractivity contribution is -0.138. The third-order valence-corrected chi connectivity index (χ3v) is 7.63. The molecule has 1 aromatic heterocycles. The maximum atomic E-state index is 13.0. The summed E-state index contributed by atoms with van der Waals surface area (Å²) in [7, 11) is 0. The Morgan fingerprint density at radius 3 is 2.78 bits per heavy atom. The number of benzene rings is 1. The SMILES string of the molecule is CCOC(=O)C1=C(C)NC2=C(C(=O)CCC2)C1c1cc(COc2ccccc2Br)c(C)s1. The van der Waals surface area contributed by atoms with E-state index in [1.807, 2.05) is 38.1 Å². The first-order valence-electron chi connectivity index (χ1n) is 10.8. The first-order valence-corrected chi connectivity index (χ1v) is 12.4. The number of carbonyl (C=O) groups excluding carboxylic acids is 2. The van der Waals surface area contributed by atoms with Gasteiger partial charge in [-0.2, -0.15) is 0 Å². The lowest BCUT2D eigenvalue weighted by Gasteiger charge is -2.33. The maximum Gasteiger partial charge on any atom is 0.336 e. The van der Waals surface area contributed by atoms with Gasteiger partial charge in [0, 0.05) is 38.7 Å². The number of esters is 1. The highest BCUT2D eigenvalue weighted by Gasteiger charge is 2.40. The third kappa shape index (κ3) is 4.41. The maximum absolute atomic E-state index is 13.0. The smallest absolute Gasteiger partial charge is 0.336 e. The van der Waals surface area contributed by atoms with Crippen LogP contribution < -0.4 is 10.1 Å². The lowest BCUT2D eigenvalue weighted by Crippen LogP contribution is -2.34. The molecule has 4 rings (SSSR count). The Morgan fingerprint density at radius 1 is 1.25 bits per heavy atom. The molecule has 5 nitrogen and oxygen atoms in total. The van der Waals surface area contributed by atoms with Gasteiger partial charge in [-0.25, -0.2) is 4.79 Å². The molecule has 0 saturated carbocycles. The van der Waals surface area contributed by atoms with Crippen molar-refractivity contribution in [1.82, 2.24) is 5.32 Å². The number of thiophene rings is 1. The fourth-order valence-corrected chi connectivity index (χ4v) is 5.85. The Labute approximate surface area is 200 Å². The molecule has 1 unspecified atom stereocenters. The van der Waals surface area contributed by atoms with Gasteiger partial charge >= 0.3 is 5.97 Å². The van der Waals surface area contributed by atoms with Crippen molar-refractivity contribution < 1.29 is 19.1 Å². The molecule has 1 aliphatic carbocycles. The average molecular weight is 516 g/mol. The zero-order valence-electron chi connectivity index (χ0n) is 18.4. The number of Topliss-reactive ketones (excluding diaryl/α,β-unsaturated/α-hetero) is 1. The van der Waals surface area contributed by atoms with Crippen LogP contribution in [0.1, 0.15) is 54.3 Å². The molecule has 1 aliphatic heterocycles. The van der Waals surface area contributed by atoms with Gasteiger partial charge in [0.15, 0.2) is 5.78 Å². The van der Waals surface area contributed by atoms with Crippen molar-refractivity contribution in [3.05, 3.63) is 72.7 Å². The Hall–Kier alpha value is -2.38. The van der Waals surface area contributed by atoms with Gasteiger partial charge in [-0.05, 0) is 67.7 Å². The summed E-state index contributed by atoms with van der Waals surface area (Å²) in [6, 6.07) is 9.81. The first-order chi connectivity index (χ1) is 15.4. The molecule has 0 saturated heterocycles. The lowest BCUT2D eigenvalue weighted by atomic mass is 9.78. The van der Waals surface area contributed by atoms with Crippen LogP contribution in [-0.2, 0) is 20.9 Å². The number of ketones is 1. The zero-order valence-corrected chi connectivity index (χ0v) is 20.8. The second-order valence-electron chi connectivity index (χ2n) is 7.94. The molecule has 168 valence electrons. The summed E-state index contributed by atoms with van der Waals surface area (Å²) in [5.41, 5.74) is 3.99. The zero-order chi connectivity index (χ0) is 22.8. The monoisotopic (exact) mass is 515 g/mol. The van der Waals surface area contributed by atoms with E-state index < -0.39 is 5.92 Å². The normalized spacial score (nSPS) is 18.4. The largest absolute Gasteiger partial charge is 0.488 e. The number of rotatable bonds is 6. The minimum atomic E-state index is -0.404. The minimum Gasteiger partial charge on any atom is -0.488 e. The van der Waals surface area contributed by atoms with Gasteiger partial charge in [-0.3, -0.25) is 4.79 Å². The van der Waals surface area contributed by atoms with Gasteiger partial charge in [-0.1, -0.05) is 12.1 Å². The van der Waals surface area contributed by atoms with Crippen LogP contribution >= 0.6 is 27.3 Å². The van der Waals surface area contributed by atoms with Crippen LogP contribution in [0.5, 0.6) is 5.75 Å². The molecule has 1 aromatic carbocycles. The van der Waals surface area contributed by atoms with E-state index in [0.717, 1.165) is 49.8 Å². The van der Waals surface area contributed by atoms with Crippen LogP contribution in [-0.4, -0.2) is 18.4 Å². The molecular formula is C25H26BrNO4S. The fraction of sp³-hybridized carbons (Fsp3) is 0.360. The van der Waals surface area contributed by atoms with Crippen molar-refractivity contribution in [2.24, 2.45) is 0 Å². The highest BCUT2D eigenvalue weighted by Crippen LogP contribution is 2.45. The number of dihydropyridines is 1. The van der Waals surface area contributed by atoms with Crippen LogP contribution in [0, 0.1) is 6.92 Å². The van der Waals surface area contributed by atoms with E-state index in [1.54, 1.807) is 18.3 Å². The number of halogens is 1. The van der Waals surface area contributed by atoms with Crippen molar-refractivity contribution in [3.63, 3.8) is 0 Å². The molecule has 2 aliphatic rings. The highest BCUT2D eigenvalue weighted by molar-refractivity contribution is 9.10. The van der Waals surface area contributed by atoms with Gasteiger partial charge < -0.3 is 14.8 Å². The van der Waals surface area contributed by atoms with Crippen molar-refractivity contribution in [3.8, 4) is 5.75 Å². The summed E-state index contributed by atoms with van der Waals surface area (Å²) in [6.45, 7) is 6.43. The van der Waals surface area contributed by atoms with E-state index in [2.05, 4.69) is 27.3 Å². The number of para-hydroxylation sites is 1. The number of carbonyl (C=O) groups is 2. The van der Waals surface area contributed by atoms with Crippen molar-refractivity contribution in [2.75, 3.05) is 6.61 Å². The van der Waals surface area contributed by atoms with Crippen molar-refractivity contribution >= 4 is 39.0 Å². The van der Waals surface area contributed by atoms with Gasteiger partial charge in [0.1, 0.15) is 12.4 Å². The van der Waals surface area contributed by atoms with Gasteiger partial charge in [0.05, 0.1) is 22.6 Å². The number of aryl methyl sites for hydroxylation is 1. The van der Waals surface area contributed by atoms with Gasteiger partial charge in [-0.15, -0.1) is 11.3 Å². The topological polar surface area (TPSA) is 64.6 Å². The molecule has 7 heteroatoms. The van der Waals surface area contributed by atoms with E-state index in [0.29, 0.717) is 24.2 Å². The van der Waals surface area contributed by atoms with Gasteiger partial charge in [0.25, 0.3) is 0 Å². The standard InChI is InChI=1S/C25H26BrNO4S/c1-4-30-25(29)22-14(2)27-18-9-7-10-19(28)23(18)24(22)21-12-16(15(3)32-21)13-31-20-11-6-5-8-17(20)26/h5-6,8,11-12,24,27H,4,7,9-10,13H2,1-3H3.